The van der Waals surface area contributed by atoms with Crippen LogP contribution in [0.4, 0.5) is 0 Å². The van der Waals surface area contributed by atoms with E-state index >= 15 is 0 Å². The quantitative estimate of drug-likeness (QED) is 0.218. The Balaban J connectivity index is 1.32. The van der Waals surface area contributed by atoms with E-state index in [1.54, 1.807) is 18.2 Å². The Morgan fingerprint density at radius 1 is 0.778 bits per heavy atom. The summed E-state index contributed by atoms with van der Waals surface area (Å²) in [4.78, 5) is 45.0. The lowest BCUT2D eigenvalue weighted by atomic mass is 9.54. The van der Waals surface area contributed by atoms with Crippen LogP contribution in [0.15, 0.2) is 79.0 Å². The third-order valence-electron chi connectivity index (χ3n) is 9.74. The number of benzene rings is 2. The van der Waals surface area contributed by atoms with Crippen LogP contribution in [0.3, 0.4) is 0 Å². The van der Waals surface area contributed by atoms with Crippen molar-refractivity contribution in [3.05, 3.63) is 95.8 Å². The molecule has 5 N–H and O–H groups in total. The SMILES string of the molecule is CCOc1ccc(C[C@@H](NC(=O)c2ccccn2)C(=O)N[C@@H](Cc2ccccc2)C(=O)NCC23CCC(CN)(CC2)CC3)cc1. The zero-order chi connectivity index (χ0) is 31.7. The highest BCUT2D eigenvalue weighted by atomic mass is 16.5. The van der Waals surface area contributed by atoms with Crippen molar-refractivity contribution in [3.8, 4) is 5.75 Å². The molecule has 3 aromatic rings. The first-order valence-corrected chi connectivity index (χ1v) is 16.1. The minimum Gasteiger partial charge on any atom is -0.494 e. The Labute approximate surface area is 265 Å². The maximum Gasteiger partial charge on any atom is 0.270 e. The molecule has 0 spiro atoms. The molecule has 3 fully saturated rings. The molecule has 3 saturated carbocycles. The monoisotopic (exact) mass is 611 g/mol. The van der Waals surface area contributed by atoms with E-state index in [2.05, 4.69) is 20.9 Å². The number of nitrogens with zero attached hydrogens (tertiary/aromatic N) is 1. The first-order chi connectivity index (χ1) is 21.8. The molecule has 238 valence electrons. The molecule has 3 aliphatic carbocycles. The summed E-state index contributed by atoms with van der Waals surface area (Å²) in [7, 11) is 0. The van der Waals surface area contributed by atoms with Gasteiger partial charge in [0.15, 0.2) is 0 Å². The van der Waals surface area contributed by atoms with Gasteiger partial charge >= 0.3 is 0 Å². The fourth-order valence-corrected chi connectivity index (χ4v) is 6.70. The number of aromatic nitrogens is 1. The topological polar surface area (TPSA) is 135 Å². The Morgan fingerprint density at radius 2 is 1.38 bits per heavy atom. The van der Waals surface area contributed by atoms with Crippen LogP contribution in [0.25, 0.3) is 0 Å². The van der Waals surface area contributed by atoms with Gasteiger partial charge in [-0.25, -0.2) is 0 Å². The van der Waals surface area contributed by atoms with Gasteiger partial charge in [-0.1, -0.05) is 48.5 Å². The molecule has 1 heterocycles. The first-order valence-electron chi connectivity index (χ1n) is 16.1. The molecule has 45 heavy (non-hydrogen) atoms. The Kier molecular flexibility index (Phi) is 10.5. The molecule has 2 bridgehead atoms. The summed E-state index contributed by atoms with van der Waals surface area (Å²) in [6.07, 6.45) is 8.57. The number of amides is 3. The van der Waals surface area contributed by atoms with E-state index in [4.69, 9.17) is 10.5 Å². The van der Waals surface area contributed by atoms with Gasteiger partial charge in [-0.3, -0.25) is 19.4 Å². The molecule has 0 aliphatic heterocycles. The molecular weight excluding hydrogens is 566 g/mol. The van der Waals surface area contributed by atoms with Gasteiger partial charge in [0.2, 0.25) is 11.8 Å². The highest BCUT2D eigenvalue weighted by molar-refractivity contribution is 5.97. The minimum atomic E-state index is -0.941. The molecule has 2 aromatic carbocycles. The van der Waals surface area contributed by atoms with E-state index < -0.39 is 23.9 Å². The number of hydrogen-bond donors (Lipinski definition) is 4. The van der Waals surface area contributed by atoms with Crippen LogP contribution in [-0.2, 0) is 22.4 Å². The largest absolute Gasteiger partial charge is 0.494 e. The summed E-state index contributed by atoms with van der Waals surface area (Å²) in [5.74, 6) is -0.402. The predicted molar refractivity (Wildman–Crippen MR) is 174 cm³/mol. The number of nitrogens with two attached hydrogens (primary N) is 1. The second-order valence-electron chi connectivity index (χ2n) is 12.7. The van der Waals surface area contributed by atoms with Crippen LogP contribution in [0.1, 0.15) is 67.1 Å². The number of rotatable bonds is 14. The van der Waals surface area contributed by atoms with Crippen molar-refractivity contribution in [2.75, 3.05) is 19.7 Å². The van der Waals surface area contributed by atoms with Crippen molar-refractivity contribution in [1.29, 1.82) is 0 Å². The van der Waals surface area contributed by atoms with Gasteiger partial charge in [0, 0.05) is 25.6 Å². The molecule has 2 atom stereocenters. The van der Waals surface area contributed by atoms with Crippen molar-refractivity contribution in [3.63, 3.8) is 0 Å². The summed E-state index contributed by atoms with van der Waals surface area (Å²) in [6.45, 7) is 3.78. The van der Waals surface area contributed by atoms with Gasteiger partial charge in [0.1, 0.15) is 23.5 Å². The van der Waals surface area contributed by atoms with Crippen LogP contribution in [0.2, 0.25) is 0 Å². The third kappa shape index (κ3) is 8.28. The molecule has 0 saturated heterocycles. The van der Waals surface area contributed by atoms with Crippen molar-refractivity contribution in [2.45, 2.75) is 70.4 Å². The molecule has 3 amide bonds. The highest BCUT2D eigenvalue weighted by Gasteiger charge is 2.48. The smallest absolute Gasteiger partial charge is 0.270 e. The third-order valence-corrected chi connectivity index (χ3v) is 9.74. The van der Waals surface area contributed by atoms with Gasteiger partial charge in [-0.05, 0) is 98.2 Å². The van der Waals surface area contributed by atoms with Gasteiger partial charge in [-0.2, -0.15) is 0 Å². The number of nitrogens with one attached hydrogen (secondary N) is 3. The zero-order valence-corrected chi connectivity index (χ0v) is 26.1. The van der Waals surface area contributed by atoms with E-state index in [1.165, 1.54) is 6.20 Å². The molecule has 9 nitrogen and oxygen atoms in total. The van der Waals surface area contributed by atoms with E-state index in [0.29, 0.717) is 19.6 Å². The molecule has 3 aliphatic rings. The molecular formula is C36H45N5O4. The van der Waals surface area contributed by atoms with Crippen LogP contribution in [0, 0.1) is 10.8 Å². The number of fused-ring (bicyclic) bond motifs is 3. The van der Waals surface area contributed by atoms with Crippen LogP contribution in [-0.4, -0.2) is 54.5 Å². The number of carbonyl (C=O) groups is 3. The summed E-state index contributed by atoms with van der Waals surface area (Å²) >= 11 is 0. The van der Waals surface area contributed by atoms with Gasteiger partial charge in [-0.15, -0.1) is 0 Å². The summed E-state index contributed by atoms with van der Waals surface area (Å²) in [5, 5.41) is 9.05. The van der Waals surface area contributed by atoms with Gasteiger partial charge in [0.05, 0.1) is 6.61 Å². The number of hydrogen-bond acceptors (Lipinski definition) is 6. The standard InChI is InChI=1S/C36H45N5O4/c1-2-45-28-13-11-27(12-14-28)23-31(41-33(43)29-10-6-7-21-38-29)34(44)40-30(22-26-8-4-3-5-9-26)32(42)39-25-36-18-15-35(24-37,16-19-36)17-20-36/h3-14,21,30-31H,2,15-20,22-25,37H2,1H3,(H,39,42)(H,40,44)(H,41,43)/t30-,31+,35?,36?/m0/s1. The van der Waals surface area contributed by atoms with E-state index in [1.807, 2.05) is 61.5 Å². The number of carbonyl (C=O) groups excluding carboxylic acids is 3. The van der Waals surface area contributed by atoms with E-state index in [-0.39, 0.29) is 28.9 Å². The Hall–Kier alpha value is -4.24. The summed E-state index contributed by atoms with van der Waals surface area (Å²) in [5.41, 5.74) is 8.44. The predicted octanol–water partition coefficient (Wildman–Crippen LogP) is 3.96. The van der Waals surface area contributed by atoms with Crippen molar-refractivity contribution < 1.29 is 19.1 Å². The summed E-state index contributed by atoms with van der Waals surface area (Å²) < 4.78 is 5.56. The average Bonchev–Trinajstić information content (AvgIpc) is 3.09. The zero-order valence-electron chi connectivity index (χ0n) is 26.1. The van der Waals surface area contributed by atoms with Crippen molar-refractivity contribution in [2.24, 2.45) is 16.6 Å². The molecule has 9 heteroatoms. The first kappa shape index (κ1) is 32.2. The molecule has 0 unspecified atom stereocenters. The normalized spacial score (nSPS) is 21.7. The second kappa shape index (κ2) is 14.7. The highest BCUT2D eigenvalue weighted by Crippen LogP contribution is 2.56. The molecule has 0 radical (unpaired) electrons. The fraction of sp³-hybridized carbons (Fsp3) is 0.444. The minimum absolute atomic E-state index is 0.0841. The maximum absolute atomic E-state index is 13.9. The Morgan fingerprint density at radius 3 is 1.98 bits per heavy atom. The molecule has 1 aromatic heterocycles. The second-order valence-corrected chi connectivity index (χ2v) is 12.7. The van der Waals surface area contributed by atoms with Crippen molar-refractivity contribution >= 4 is 17.7 Å². The van der Waals surface area contributed by atoms with Gasteiger partial charge < -0.3 is 26.4 Å². The fourth-order valence-electron chi connectivity index (χ4n) is 6.70. The van der Waals surface area contributed by atoms with Crippen LogP contribution < -0.4 is 26.4 Å². The lowest BCUT2D eigenvalue weighted by molar-refractivity contribution is -0.130. The molecule has 6 rings (SSSR count). The van der Waals surface area contributed by atoms with Crippen LogP contribution in [0.5, 0.6) is 5.75 Å². The Bertz CT molecular complexity index is 1410. The number of pyridine rings is 1. The number of ether oxygens (including phenoxy) is 1. The lowest BCUT2D eigenvalue weighted by Gasteiger charge is -2.53. The summed E-state index contributed by atoms with van der Waals surface area (Å²) in [6, 6.07) is 20.4. The maximum atomic E-state index is 13.9. The van der Waals surface area contributed by atoms with Gasteiger partial charge in [0.25, 0.3) is 5.91 Å². The van der Waals surface area contributed by atoms with Crippen LogP contribution >= 0.6 is 0 Å². The average molecular weight is 612 g/mol. The van der Waals surface area contributed by atoms with Crippen molar-refractivity contribution in [1.82, 2.24) is 20.9 Å². The van der Waals surface area contributed by atoms with E-state index in [9.17, 15) is 14.4 Å². The van der Waals surface area contributed by atoms with E-state index in [0.717, 1.165) is 61.9 Å². The lowest BCUT2D eigenvalue weighted by Crippen LogP contribution is -2.56.